The second-order valence-corrected chi connectivity index (χ2v) is 5.20. The molecule has 0 spiro atoms. The lowest BCUT2D eigenvalue weighted by molar-refractivity contribution is 0.191. The van der Waals surface area contributed by atoms with Crippen molar-refractivity contribution in [1.29, 1.82) is 0 Å². The Morgan fingerprint density at radius 1 is 1.10 bits per heavy atom. The predicted molar refractivity (Wildman–Crippen MR) is 86.8 cm³/mol. The Morgan fingerprint density at radius 2 is 1.86 bits per heavy atom. The SMILES string of the molecule is COc1ccc2ccccc2c1CNCCNC[C@H](C)O. The topological polar surface area (TPSA) is 53.5 Å². The van der Waals surface area contributed by atoms with Crippen molar-refractivity contribution in [2.75, 3.05) is 26.7 Å². The van der Waals surface area contributed by atoms with E-state index in [1.807, 2.05) is 12.1 Å². The number of ether oxygens (including phenoxy) is 1. The first-order valence-electron chi connectivity index (χ1n) is 7.36. The molecular weight excluding hydrogens is 264 g/mol. The van der Waals surface area contributed by atoms with Crippen molar-refractivity contribution < 1.29 is 9.84 Å². The van der Waals surface area contributed by atoms with Crippen molar-refractivity contribution in [3.05, 3.63) is 42.0 Å². The Kier molecular flexibility index (Phi) is 5.99. The van der Waals surface area contributed by atoms with Crippen LogP contribution in [0.15, 0.2) is 36.4 Å². The number of aliphatic hydroxyl groups is 1. The Bertz CT molecular complexity index is 570. The maximum absolute atomic E-state index is 9.17. The number of hydrogen-bond acceptors (Lipinski definition) is 4. The number of fused-ring (bicyclic) bond motifs is 1. The third-order valence-corrected chi connectivity index (χ3v) is 3.44. The molecule has 0 aliphatic carbocycles. The van der Waals surface area contributed by atoms with Gasteiger partial charge in [0.1, 0.15) is 5.75 Å². The Balaban J connectivity index is 1.97. The zero-order valence-corrected chi connectivity index (χ0v) is 12.7. The molecule has 0 aliphatic rings. The third kappa shape index (κ3) is 4.43. The zero-order chi connectivity index (χ0) is 15.1. The molecule has 0 amide bonds. The van der Waals surface area contributed by atoms with Crippen molar-refractivity contribution in [2.24, 2.45) is 0 Å². The number of aliphatic hydroxyl groups excluding tert-OH is 1. The molecule has 2 rings (SSSR count). The summed E-state index contributed by atoms with van der Waals surface area (Å²) in [7, 11) is 1.71. The molecule has 0 unspecified atom stereocenters. The van der Waals surface area contributed by atoms with E-state index >= 15 is 0 Å². The van der Waals surface area contributed by atoms with Gasteiger partial charge in [0.25, 0.3) is 0 Å². The summed E-state index contributed by atoms with van der Waals surface area (Å²) in [5.74, 6) is 0.915. The average molecular weight is 288 g/mol. The van der Waals surface area contributed by atoms with Crippen LogP contribution in [0.5, 0.6) is 5.75 Å². The van der Waals surface area contributed by atoms with Crippen molar-refractivity contribution in [2.45, 2.75) is 19.6 Å². The normalized spacial score (nSPS) is 12.5. The predicted octanol–water partition coefficient (Wildman–Crippen LogP) is 1.91. The smallest absolute Gasteiger partial charge is 0.123 e. The van der Waals surface area contributed by atoms with Crippen LogP contribution in [0.2, 0.25) is 0 Å². The summed E-state index contributed by atoms with van der Waals surface area (Å²) < 4.78 is 5.47. The van der Waals surface area contributed by atoms with Gasteiger partial charge in [-0.15, -0.1) is 0 Å². The maximum atomic E-state index is 9.17. The fourth-order valence-electron chi connectivity index (χ4n) is 2.39. The van der Waals surface area contributed by atoms with Gasteiger partial charge < -0.3 is 20.5 Å². The molecule has 114 valence electrons. The number of hydrogen-bond donors (Lipinski definition) is 3. The van der Waals surface area contributed by atoms with Crippen molar-refractivity contribution in [3.8, 4) is 5.75 Å². The minimum Gasteiger partial charge on any atom is -0.496 e. The van der Waals surface area contributed by atoms with Gasteiger partial charge in [-0.2, -0.15) is 0 Å². The lowest BCUT2D eigenvalue weighted by atomic mass is 10.0. The van der Waals surface area contributed by atoms with Crippen molar-refractivity contribution >= 4 is 10.8 Å². The van der Waals surface area contributed by atoms with Gasteiger partial charge in [-0.3, -0.25) is 0 Å². The van der Waals surface area contributed by atoms with Gasteiger partial charge >= 0.3 is 0 Å². The molecule has 4 nitrogen and oxygen atoms in total. The highest BCUT2D eigenvalue weighted by Gasteiger charge is 2.07. The highest BCUT2D eigenvalue weighted by atomic mass is 16.5. The van der Waals surface area contributed by atoms with Gasteiger partial charge in [0, 0.05) is 31.7 Å². The largest absolute Gasteiger partial charge is 0.496 e. The minimum atomic E-state index is -0.303. The van der Waals surface area contributed by atoms with Crippen LogP contribution in [-0.2, 0) is 6.54 Å². The molecule has 4 heteroatoms. The van der Waals surface area contributed by atoms with Crippen LogP contribution in [0.4, 0.5) is 0 Å². The number of methoxy groups -OCH3 is 1. The summed E-state index contributed by atoms with van der Waals surface area (Å²) in [6.07, 6.45) is -0.303. The fraction of sp³-hybridized carbons (Fsp3) is 0.412. The van der Waals surface area contributed by atoms with Crippen molar-refractivity contribution in [3.63, 3.8) is 0 Å². The minimum absolute atomic E-state index is 0.303. The van der Waals surface area contributed by atoms with E-state index in [1.165, 1.54) is 16.3 Å². The van der Waals surface area contributed by atoms with Gasteiger partial charge in [0.05, 0.1) is 13.2 Å². The van der Waals surface area contributed by atoms with E-state index in [-0.39, 0.29) is 6.10 Å². The van der Waals surface area contributed by atoms with E-state index < -0.39 is 0 Å². The van der Waals surface area contributed by atoms with Crippen LogP contribution in [0.3, 0.4) is 0 Å². The van der Waals surface area contributed by atoms with Crippen LogP contribution in [0, 0.1) is 0 Å². The summed E-state index contributed by atoms with van der Waals surface area (Å²) >= 11 is 0. The third-order valence-electron chi connectivity index (χ3n) is 3.44. The quantitative estimate of drug-likeness (QED) is 0.650. The Hall–Kier alpha value is -1.62. The van der Waals surface area contributed by atoms with Gasteiger partial charge in [0.15, 0.2) is 0 Å². The first kappa shape index (κ1) is 15.8. The van der Waals surface area contributed by atoms with E-state index in [4.69, 9.17) is 4.74 Å². The summed E-state index contributed by atoms with van der Waals surface area (Å²) in [5, 5.41) is 18.2. The first-order chi connectivity index (χ1) is 10.2. The highest BCUT2D eigenvalue weighted by molar-refractivity contribution is 5.87. The molecule has 21 heavy (non-hydrogen) atoms. The standard InChI is InChI=1S/C17H24N2O2/c1-13(20)11-18-9-10-19-12-16-15-6-4-3-5-14(15)7-8-17(16)21-2/h3-8,13,18-20H,9-12H2,1-2H3/t13-/m0/s1. The molecule has 2 aromatic rings. The number of nitrogens with one attached hydrogen (secondary N) is 2. The van der Waals surface area contributed by atoms with Crippen LogP contribution in [0.1, 0.15) is 12.5 Å². The molecular formula is C17H24N2O2. The summed E-state index contributed by atoms with van der Waals surface area (Å²) in [6.45, 7) is 4.85. The molecule has 0 aliphatic heterocycles. The first-order valence-corrected chi connectivity index (χ1v) is 7.36. The molecule has 3 N–H and O–H groups in total. The molecule has 0 fully saturated rings. The van der Waals surface area contributed by atoms with Crippen LogP contribution in [-0.4, -0.2) is 38.0 Å². The summed E-state index contributed by atoms with van der Waals surface area (Å²) in [5.41, 5.74) is 1.19. The maximum Gasteiger partial charge on any atom is 0.123 e. The van der Waals surface area contributed by atoms with E-state index in [9.17, 15) is 5.11 Å². The molecule has 0 radical (unpaired) electrons. The molecule has 1 atom stereocenters. The Labute approximate surface area is 126 Å². The van der Waals surface area contributed by atoms with Gasteiger partial charge in [-0.25, -0.2) is 0 Å². The molecule has 0 aromatic heterocycles. The number of benzene rings is 2. The van der Waals surface area contributed by atoms with Crippen molar-refractivity contribution in [1.82, 2.24) is 10.6 Å². The molecule has 0 bridgehead atoms. The molecule has 2 aromatic carbocycles. The van der Waals surface area contributed by atoms with E-state index in [2.05, 4.69) is 34.9 Å². The van der Waals surface area contributed by atoms with E-state index in [0.29, 0.717) is 6.54 Å². The van der Waals surface area contributed by atoms with Crippen LogP contribution in [0.25, 0.3) is 10.8 Å². The Morgan fingerprint density at radius 3 is 2.62 bits per heavy atom. The second-order valence-electron chi connectivity index (χ2n) is 5.20. The van der Waals surface area contributed by atoms with E-state index in [1.54, 1.807) is 14.0 Å². The highest BCUT2D eigenvalue weighted by Crippen LogP contribution is 2.27. The molecule has 0 heterocycles. The molecule has 0 saturated carbocycles. The number of rotatable bonds is 8. The average Bonchev–Trinajstić information content (AvgIpc) is 2.50. The van der Waals surface area contributed by atoms with Gasteiger partial charge in [-0.1, -0.05) is 30.3 Å². The van der Waals surface area contributed by atoms with Gasteiger partial charge in [-0.05, 0) is 23.8 Å². The second kappa shape index (κ2) is 7.98. The van der Waals surface area contributed by atoms with Crippen LogP contribution >= 0.6 is 0 Å². The monoisotopic (exact) mass is 288 g/mol. The van der Waals surface area contributed by atoms with Gasteiger partial charge in [0.2, 0.25) is 0 Å². The lowest BCUT2D eigenvalue weighted by Gasteiger charge is -2.13. The fourth-order valence-corrected chi connectivity index (χ4v) is 2.39. The summed E-state index contributed by atoms with van der Waals surface area (Å²) in [6, 6.07) is 12.4. The summed E-state index contributed by atoms with van der Waals surface area (Å²) in [4.78, 5) is 0. The lowest BCUT2D eigenvalue weighted by Crippen LogP contribution is -2.31. The zero-order valence-electron chi connectivity index (χ0n) is 12.7. The van der Waals surface area contributed by atoms with E-state index in [0.717, 1.165) is 25.4 Å². The molecule has 0 saturated heterocycles. The van der Waals surface area contributed by atoms with Crippen LogP contribution < -0.4 is 15.4 Å².